The van der Waals surface area contributed by atoms with Gasteiger partial charge in [-0.05, 0) is 30.5 Å². The van der Waals surface area contributed by atoms with Crippen LogP contribution in [0.15, 0.2) is 30.3 Å². The zero-order valence-corrected chi connectivity index (χ0v) is 12.9. The van der Waals surface area contributed by atoms with Gasteiger partial charge in [0.1, 0.15) is 0 Å². The van der Waals surface area contributed by atoms with Gasteiger partial charge in [0, 0.05) is 11.6 Å². The molecule has 3 rings (SSSR count). The van der Waals surface area contributed by atoms with Crippen LogP contribution >= 0.6 is 12.2 Å². The summed E-state index contributed by atoms with van der Waals surface area (Å²) in [6, 6.07) is 10.7. The first-order chi connectivity index (χ1) is 9.59. The van der Waals surface area contributed by atoms with Gasteiger partial charge < -0.3 is 0 Å². The fourth-order valence-electron chi connectivity index (χ4n) is 3.34. The van der Waals surface area contributed by atoms with Gasteiger partial charge in [-0.1, -0.05) is 57.0 Å². The first-order valence-corrected chi connectivity index (χ1v) is 7.73. The molecule has 0 aliphatic heterocycles. The summed E-state index contributed by atoms with van der Waals surface area (Å²) in [4.78, 5) is 0. The molecule has 2 aromatic rings. The Kier molecular flexibility index (Phi) is 3.50. The third kappa shape index (κ3) is 2.33. The number of benzene rings is 1. The van der Waals surface area contributed by atoms with E-state index in [0.29, 0.717) is 6.04 Å². The van der Waals surface area contributed by atoms with Gasteiger partial charge in [-0.15, -0.1) is 0 Å². The van der Waals surface area contributed by atoms with Gasteiger partial charge in [-0.25, -0.2) is 0 Å². The molecule has 106 valence electrons. The molecule has 1 fully saturated rings. The predicted octanol–water partition coefficient (Wildman–Crippen LogP) is 4.75. The van der Waals surface area contributed by atoms with Crippen LogP contribution in [0.3, 0.4) is 0 Å². The van der Waals surface area contributed by atoms with E-state index in [1.807, 2.05) is 18.2 Å². The van der Waals surface area contributed by atoms with Crippen LogP contribution in [0.4, 0.5) is 0 Å². The molecule has 1 aliphatic carbocycles. The average Bonchev–Trinajstić information content (AvgIpc) is 2.81. The van der Waals surface area contributed by atoms with Crippen molar-refractivity contribution in [2.45, 2.75) is 45.6 Å². The second kappa shape index (κ2) is 5.17. The predicted molar refractivity (Wildman–Crippen MR) is 84.1 cm³/mol. The minimum Gasteiger partial charge on any atom is -0.297 e. The van der Waals surface area contributed by atoms with Crippen molar-refractivity contribution in [3.05, 3.63) is 35.1 Å². The molecule has 3 nitrogen and oxygen atoms in total. The molecule has 1 heterocycles. The van der Waals surface area contributed by atoms with E-state index in [1.165, 1.54) is 25.7 Å². The van der Waals surface area contributed by atoms with Crippen molar-refractivity contribution < 1.29 is 0 Å². The third-order valence-corrected chi connectivity index (χ3v) is 4.79. The Labute approximate surface area is 125 Å². The molecule has 0 radical (unpaired) electrons. The highest BCUT2D eigenvalue weighted by Gasteiger charge is 2.35. The lowest BCUT2D eigenvalue weighted by atomic mass is 9.73. The topological polar surface area (TPSA) is 33.6 Å². The first kappa shape index (κ1) is 13.6. The van der Waals surface area contributed by atoms with Crippen LogP contribution in [0.2, 0.25) is 0 Å². The fraction of sp³-hybridized carbons (Fsp3) is 0.500. The minimum atomic E-state index is 0.268. The quantitative estimate of drug-likeness (QED) is 0.809. The molecule has 0 spiro atoms. The summed E-state index contributed by atoms with van der Waals surface area (Å²) >= 11 is 5.50. The molecule has 4 heteroatoms. The highest BCUT2D eigenvalue weighted by molar-refractivity contribution is 7.71. The van der Waals surface area contributed by atoms with Crippen LogP contribution in [0.5, 0.6) is 0 Å². The Balaban J connectivity index is 2.10. The monoisotopic (exact) mass is 287 g/mol. The smallest absolute Gasteiger partial charge is 0.195 e. The second-order valence-corrected chi connectivity index (χ2v) is 6.73. The van der Waals surface area contributed by atoms with E-state index in [0.717, 1.165) is 16.2 Å². The Hall–Kier alpha value is -1.42. The third-order valence-electron chi connectivity index (χ3n) is 4.50. The van der Waals surface area contributed by atoms with Crippen molar-refractivity contribution in [3.63, 3.8) is 0 Å². The van der Waals surface area contributed by atoms with Crippen molar-refractivity contribution in [3.8, 4) is 11.4 Å². The van der Waals surface area contributed by atoms with E-state index in [4.69, 9.17) is 12.2 Å². The van der Waals surface area contributed by atoms with Gasteiger partial charge in [0.25, 0.3) is 0 Å². The molecule has 1 unspecified atom stereocenters. The summed E-state index contributed by atoms with van der Waals surface area (Å²) in [6.07, 6.45) is 5.02. The van der Waals surface area contributed by atoms with Crippen LogP contribution in [-0.2, 0) is 0 Å². The van der Waals surface area contributed by atoms with E-state index < -0.39 is 0 Å². The molecule has 20 heavy (non-hydrogen) atoms. The summed E-state index contributed by atoms with van der Waals surface area (Å²) in [7, 11) is 0. The van der Waals surface area contributed by atoms with Crippen LogP contribution in [0.25, 0.3) is 11.4 Å². The van der Waals surface area contributed by atoms with Gasteiger partial charge in [0.2, 0.25) is 0 Å². The average molecular weight is 287 g/mol. The number of aromatic nitrogens is 3. The van der Waals surface area contributed by atoms with Gasteiger partial charge >= 0.3 is 0 Å². The number of hydrogen-bond acceptors (Lipinski definition) is 2. The molecule has 0 saturated heterocycles. The molecular weight excluding hydrogens is 266 g/mol. The van der Waals surface area contributed by atoms with E-state index in [9.17, 15) is 0 Å². The zero-order valence-electron chi connectivity index (χ0n) is 12.1. The minimum absolute atomic E-state index is 0.268. The Morgan fingerprint density at radius 2 is 2.00 bits per heavy atom. The Bertz CT molecular complexity index is 639. The largest absolute Gasteiger partial charge is 0.297 e. The maximum absolute atomic E-state index is 5.50. The van der Waals surface area contributed by atoms with Crippen molar-refractivity contribution >= 4 is 12.2 Å². The summed E-state index contributed by atoms with van der Waals surface area (Å²) in [5, 5.41) is 7.46. The van der Waals surface area contributed by atoms with Crippen molar-refractivity contribution in [1.29, 1.82) is 0 Å². The normalized spacial score (nSPS) is 21.8. The summed E-state index contributed by atoms with van der Waals surface area (Å²) in [6.45, 7) is 4.70. The van der Waals surface area contributed by atoms with Crippen molar-refractivity contribution in [2.75, 3.05) is 0 Å². The number of rotatable bonds is 2. The molecule has 1 aliphatic rings. The van der Waals surface area contributed by atoms with E-state index in [-0.39, 0.29) is 5.41 Å². The summed E-state index contributed by atoms with van der Waals surface area (Å²) in [5.41, 5.74) is 1.39. The molecule has 1 atom stereocenters. The van der Waals surface area contributed by atoms with E-state index >= 15 is 0 Å². The first-order valence-electron chi connectivity index (χ1n) is 7.32. The molecule has 1 aromatic heterocycles. The Morgan fingerprint density at radius 3 is 2.70 bits per heavy atom. The molecule has 1 N–H and O–H groups in total. The van der Waals surface area contributed by atoms with Crippen LogP contribution < -0.4 is 0 Å². The van der Waals surface area contributed by atoms with Crippen LogP contribution in [0, 0.1) is 10.2 Å². The van der Waals surface area contributed by atoms with Crippen molar-refractivity contribution in [2.24, 2.45) is 5.41 Å². The number of nitrogens with zero attached hydrogens (tertiary/aromatic N) is 2. The maximum Gasteiger partial charge on any atom is 0.195 e. The molecule has 1 aromatic carbocycles. The zero-order chi connectivity index (χ0) is 14.2. The standard InChI is InChI=1S/C16H21N3S/c1-16(2)11-7-6-10-13(16)19-14(17-18-15(19)20)12-8-4-3-5-9-12/h3-5,8-9,13H,6-7,10-11H2,1-2H3,(H,18,20). The highest BCUT2D eigenvalue weighted by atomic mass is 32.1. The second-order valence-electron chi connectivity index (χ2n) is 6.34. The van der Waals surface area contributed by atoms with E-state index in [1.54, 1.807) is 0 Å². The molecule has 1 saturated carbocycles. The van der Waals surface area contributed by atoms with Crippen LogP contribution in [-0.4, -0.2) is 14.8 Å². The molecule has 0 amide bonds. The van der Waals surface area contributed by atoms with Gasteiger partial charge in [0.15, 0.2) is 10.6 Å². The SMILES string of the molecule is CC1(C)CCCCC1n1c(-c2ccccc2)n[nH]c1=S. The number of nitrogens with one attached hydrogen (secondary N) is 1. The summed E-state index contributed by atoms with van der Waals surface area (Å²) < 4.78 is 2.98. The number of H-pyrrole nitrogens is 1. The fourth-order valence-corrected chi connectivity index (χ4v) is 3.60. The Morgan fingerprint density at radius 1 is 1.25 bits per heavy atom. The number of hydrogen-bond donors (Lipinski definition) is 1. The summed E-state index contributed by atoms with van der Waals surface area (Å²) in [5.74, 6) is 0.968. The van der Waals surface area contributed by atoms with Crippen LogP contribution in [0.1, 0.15) is 45.6 Å². The lowest BCUT2D eigenvalue weighted by Crippen LogP contribution is -2.31. The van der Waals surface area contributed by atoms with E-state index in [2.05, 4.69) is 40.7 Å². The molecular formula is C16H21N3S. The highest BCUT2D eigenvalue weighted by Crippen LogP contribution is 2.45. The molecule has 0 bridgehead atoms. The maximum atomic E-state index is 5.50. The lowest BCUT2D eigenvalue weighted by molar-refractivity contribution is 0.144. The number of aromatic amines is 1. The lowest BCUT2D eigenvalue weighted by Gasteiger charge is -2.39. The van der Waals surface area contributed by atoms with Crippen molar-refractivity contribution in [1.82, 2.24) is 14.8 Å². The van der Waals surface area contributed by atoms with Gasteiger partial charge in [0.05, 0.1) is 0 Å². The van der Waals surface area contributed by atoms with Gasteiger partial charge in [-0.2, -0.15) is 5.10 Å². The van der Waals surface area contributed by atoms with Gasteiger partial charge in [-0.3, -0.25) is 9.67 Å².